The minimum atomic E-state index is -3.85. The van der Waals surface area contributed by atoms with E-state index in [1.54, 1.807) is 30.8 Å². The number of aromatic nitrogens is 5. The van der Waals surface area contributed by atoms with E-state index in [1.165, 1.54) is 16.9 Å². The maximum absolute atomic E-state index is 14.5. The third-order valence-corrected chi connectivity index (χ3v) is 9.25. The highest BCUT2D eigenvalue weighted by molar-refractivity contribution is 7.89. The first kappa shape index (κ1) is 30.0. The van der Waals surface area contributed by atoms with E-state index >= 15 is 0 Å². The molecule has 1 saturated heterocycles. The topological polar surface area (TPSA) is 144 Å². The molecule has 0 unspecified atom stereocenters. The number of halogens is 2. The van der Waals surface area contributed by atoms with Gasteiger partial charge in [-0.1, -0.05) is 17.7 Å². The molecule has 12 nitrogen and oxygen atoms in total. The van der Waals surface area contributed by atoms with Crippen LogP contribution < -0.4 is 20.5 Å². The van der Waals surface area contributed by atoms with E-state index in [1.807, 2.05) is 24.6 Å². The standard InChI is InChI=1S/C29H32ClFN8O4S/c1-14-8-18(15(2)32-22-6-7-23(30)33-26(22)27(40)36-44(5,42)43)24-20(9-14)28(41)38(4)29(34-24)39-12-16-10-17(39)11-19(16)25-21(31)13-37(3)35-25/h6-9,13,15-17,19,32H,10-12H2,1-5H3,(H,36,40)/t15-,16+,17+,19+/m1/s1. The van der Waals surface area contributed by atoms with Crippen molar-refractivity contribution in [2.75, 3.05) is 23.0 Å². The van der Waals surface area contributed by atoms with Gasteiger partial charge in [0.15, 0.2) is 11.5 Å². The monoisotopic (exact) mass is 642 g/mol. The molecule has 232 valence electrons. The molecule has 0 radical (unpaired) electrons. The van der Waals surface area contributed by atoms with Gasteiger partial charge in [-0.25, -0.2) is 27.5 Å². The van der Waals surface area contributed by atoms with E-state index in [4.69, 9.17) is 16.6 Å². The number of rotatable bonds is 7. The molecular formula is C29H32ClFN8O4S. The van der Waals surface area contributed by atoms with Crippen molar-refractivity contribution >= 4 is 50.1 Å². The number of pyridine rings is 1. The van der Waals surface area contributed by atoms with Crippen molar-refractivity contribution in [2.45, 2.75) is 44.7 Å². The van der Waals surface area contributed by atoms with E-state index in [0.29, 0.717) is 41.1 Å². The molecule has 4 atom stereocenters. The fourth-order valence-electron chi connectivity index (χ4n) is 6.64. The Morgan fingerprint density at radius 2 is 1.93 bits per heavy atom. The highest BCUT2D eigenvalue weighted by Gasteiger charge is 2.48. The van der Waals surface area contributed by atoms with Crippen molar-refractivity contribution in [1.29, 1.82) is 0 Å². The number of piperidine rings is 1. The summed E-state index contributed by atoms with van der Waals surface area (Å²) in [6.45, 7) is 4.36. The summed E-state index contributed by atoms with van der Waals surface area (Å²) in [6.07, 6.45) is 3.84. The number of sulfonamides is 1. The van der Waals surface area contributed by atoms with Crippen molar-refractivity contribution in [3.63, 3.8) is 0 Å². The van der Waals surface area contributed by atoms with Crippen molar-refractivity contribution in [3.05, 3.63) is 74.3 Å². The first-order valence-corrected chi connectivity index (χ1v) is 16.4. The number of nitrogens with zero attached hydrogens (tertiary/aromatic N) is 6. The highest BCUT2D eigenvalue weighted by atomic mass is 35.5. The van der Waals surface area contributed by atoms with Gasteiger partial charge < -0.3 is 10.2 Å². The van der Waals surface area contributed by atoms with Crippen molar-refractivity contribution in [2.24, 2.45) is 20.0 Å². The summed E-state index contributed by atoms with van der Waals surface area (Å²) in [5, 5.41) is 8.08. The van der Waals surface area contributed by atoms with Crippen LogP contribution in [0.3, 0.4) is 0 Å². The number of benzene rings is 1. The van der Waals surface area contributed by atoms with Gasteiger partial charge in [0.25, 0.3) is 11.5 Å². The van der Waals surface area contributed by atoms with Gasteiger partial charge in [0, 0.05) is 38.2 Å². The summed E-state index contributed by atoms with van der Waals surface area (Å²) in [4.78, 5) is 37.7. The molecule has 1 amide bonds. The van der Waals surface area contributed by atoms with Crippen LogP contribution in [0.5, 0.6) is 0 Å². The van der Waals surface area contributed by atoms with Gasteiger partial charge in [-0.3, -0.25) is 18.8 Å². The van der Waals surface area contributed by atoms with Crippen LogP contribution in [0.15, 0.2) is 35.3 Å². The summed E-state index contributed by atoms with van der Waals surface area (Å²) in [7, 11) is -0.424. The highest BCUT2D eigenvalue weighted by Crippen LogP contribution is 2.48. The molecule has 44 heavy (non-hydrogen) atoms. The second kappa shape index (κ2) is 10.8. The second-order valence-corrected chi connectivity index (χ2v) is 13.9. The predicted molar refractivity (Wildman–Crippen MR) is 165 cm³/mol. The molecule has 2 aliphatic rings. The number of carbonyl (C=O) groups is 1. The lowest BCUT2D eigenvalue weighted by Gasteiger charge is -2.33. The lowest BCUT2D eigenvalue weighted by Crippen LogP contribution is -2.39. The van der Waals surface area contributed by atoms with E-state index < -0.39 is 22.0 Å². The lowest BCUT2D eigenvalue weighted by atomic mass is 9.91. The van der Waals surface area contributed by atoms with E-state index in [9.17, 15) is 22.4 Å². The van der Waals surface area contributed by atoms with Gasteiger partial charge in [0.2, 0.25) is 16.0 Å². The summed E-state index contributed by atoms with van der Waals surface area (Å²) >= 11 is 6.03. The zero-order valence-electron chi connectivity index (χ0n) is 24.8. The maximum atomic E-state index is 14.5. The number of anilines is 2. The van der Waals surface area contributed by atoms with E-state index in [-0.39, 0.29) is 45.8 Å². The molecule has 4 aromatic rings. The molecule has 1 aromatic carbocycles. The number of amides is 1. The number of hydrogen-bond acceptors (Lipinski definition) is 9. The number of nitrogens with one attached hydrogen (secondary N) is 2. The first-order valence-electron chi connectivity index (χ1n) is 14.1. The Morgan fingerprint density at radius 3 is 2.57 bits per heavy atom. The summed E-state index contributed by atoms with van der Waals surface area (Å²) in [6, 6.07) is 6.36. The number of carbonyl (C=O) groups excluding carboxylic acids is 1. The van der Waals surface area contributed by atoms with Crippen molar-refractivity contribution in [1.82, 2.24) is 29.0 Å². The quantitative estimate of drug-likeness (QED) is 0.290. The fraction of sp³-hybridized carbons (Fsp3) is 0.414. The molecule has 1 aliphatic carbocycles. The molecule has 0 spiro atoms. The molecule has 15 heteroatoms. The number of aryl methyl sites for hydroxylation is 2. The van der Waals surface area contributed by atoms with Gasteiger partial charge in [-0.2, -0.15) is 5.10 Å². The van der Waals surface area contributed by atoms with Crippen LogP contribution >= 0.6 is 11.6 Å². The minimum Gasteiger partial charge on any atom is -0.377 e. The molecule has 6 rings (SSSR count). The van der Waals surface area contributed by atoms with E-state index in [2.05, 4.69) is 20.3 Å². The Kier molecular flexibility index (Phi) is 7.39. The molecule has 4 heterocycles. The van der Waals surface area contributed by atoms with Crippen LogP contribution in [-0.2, 0) is 24.1 Å². The Hall–Kier alpha value is -4.04. The van der Waals surface area contributed by atoms with Crippen LogP contribution in [0, 0.1) is 18.7 Å². The normalized spacial score (nSPS) is 20.3. The summed E-state index contributed by atoms with van der Waals surface area (Å²) in [5.74, 6) is -0.486. The van der Waals surface area contributed by atoms with Crippen molar-refractivity contribution in [3.8, 4) is 0 Å². The third kappa shape index (κ3) is 5.40. The van der Waals surface area contributed by atoms with Crippen molar-refractivity contribution < 1.29 is 17.6 Å². The van der Waals surface area contributed by atoms with Gasteiger partial charge in [0.05, 0.1) is 35.1 Å². The van der Waals surface area contributed by atoms with Gasteiger partial charge in [-0.05, 0) is 56.4 Å². The third-order valence-electron chi connectivity index (χ3n) is 8.48. The Morgan fingerprint density at radius 1 is 1.18 bits per heavy atom. The zero-order valence-corrected chi connectivity index (χ0v) is 26.4. The van der Waals surface area contributed by atoms with Gasteiger partial charge >= 0.3 is 0 Å². The average Bonchev–Trinajstić information content (AvgIpc) is 3.64. The molecule has 1 saturated carbocycles. The molecule has 2 fully saturated rings. The molecule has 2 N–H and O–H groups in total. The van der Waals surface area contributed by atoms with Crippen LogP contribution in [0.4, 0.5) is 16.0 Å². The SMILES string of the molecule is Cc1cc([C@@H](C)Nc2ccc(Cl)nc2C(=O)NS(C)(=O)=O)c2nc(N3C[C@@H]4C[C@H]3C[C@@H]4c3nn(C)cc3F)n(C)c(=O)c2c1. The van der Waals surface area contributed by atoms with Gasteiger partial charge in [0.1, 0.15) is 10.8 Å². The maximum Gasteiger partial charge on any atom is 0.285 e. The van der Waals surface area contributed by atoms with Crippen LogP contribution in [-0.4, -0.2) is 57.5 Å². The Bertz CT molecular complexity index is 2000. The smallest absolute Gasteiger partial charge is 0.285 e. The first-order chi connectivity index (χ1) is 20.7. The number of hydrogen-bond donors (Lipinski definition) is 2. The minimum absolute atomic E-state index is 0.0134. The Labute approximate surface area is 258 Å². The average molecular weight is 643 g/mol. The summed E-state index contributed by atoms with van der Waals surface area (Å²) in [5.41, 5.74) is 2.43. The second-order valence-electron chi connectivity index (χ2n) is 11.8. The zero-order chi connectivity index (χ0) is 31.7. The molecule has 1 aliphatic heterocycles. The predicted octanol–water partition coefficient (Wildman–Crippen LogP) is 3.41. The Balaban J connectivity index is 1.35. The largest absolute Gasteiger partial charge is 0.377 e. The fourth-order valence-corrected chi connectivity index (χ4v) is 7.22. The van der Waals surface area contributed by atoms with Gasteiger partial charge in [-0.15, -0.1) is 0 Å². The molecule has 2 bridgehead atoms. The molecule has 3 aromatic heterocycles. The van der Waals surface area contributed by atoms with Crippen LogP contribution in [0.2, 0.25) is 5.15 Å². The molecular weight excluding hydrogens is 611 g/mol. The lowest BCUT2D eigenvalue weighted by molar-refractivity contribution is 0.0977. The van der Waals surface area contributed by atoms with Crippen LogP contribution in [0.25, 0.3) is 10.9 Å². The number of fused-ring (bicyclic) bond motifs is 3. The summed E-state index contributed by atoms with van der Waals surface area (Å²) < 4.78 is 43.0. The van der Waals surface area contributed by atoms with E-state index in [0.717, 1.165) is 18.2 Å². The van der Waals surface area contributed by atoms with Crippen LogP contribution in [0.1, 0.15) is 59.0 Å².